The average molecular weight is 281 g/mol. The number of hydrogen-bond acceptors (Lipinski definition) is 3. The van der Waals surface area contributed by atoms with E-state index in [0.717, 1.165) is 0 Å². The molecule has 0 bridgehead atoms. The number of hydrogen-bond donors (Lipinski definition) is 2. The van der Waals surface area contributed by atoms with Crippen molar-refractivity contribution < 1.29 is 19.5 Å². The molecule has 0 aromatic carbocycles. The van der Waals surface area contributed by atoms with Gasteiger partial charge in [-0.3, -0.25) is 9.59 Å². The predicted octanol–water partition coefficient (Wildman–Crippen LogP) is -0.111. The second kappa shape index (κ2) is 5.94. The maximum atomic E-state index is 11.9. The molecule has 0 radical (unpaired) electrons. The first-order valence-corrected chi connectivity index (χ1v) is 6.69. The second-order valence-electron chi connectivity index (χ2n) is 5.15. The number of carboxylic acid groups (broad SMARTS) is 1. The maximum absolute atomic E-state index is 11.9. The van der Waals surface area contributed by atoms with E-state index in [1.54, 1.807) is 15.9 Å². The molecule has 7 heteroatoms. The summed E-state index contributed by atoms with van der Waals surface area (Å²) >= 11 is 0. The normalized spacial score (nSPS) is 25.9. The van der Waals surface area contributed by atoms with Gasteiger partial charge in [-0.2, -0.15) is 0 Å². The van der Waals surface area contributed by atoms with Crippen LogP contribution in [0.5, 0.6) is 0 Å². The van der Waals surface area contributed by atoms with Crippen molar-refractivity contribution in [3.05, 3.63) is 12.7 Å². The predicted molar refractivity (Wildman–Crippen MR) is 71.0 cm³/mol. The summed E-state index contributed by atoms with van der Waals surface area (Å²) in [6, 6.07) is -0.241. The number of likely N-dealkylation sites (tertiary alicyclic amines) is 2. The van der Waals surface area contributed by atoms with Gasteiger partial charge >= 0.3 is 12.0 Å². The van der Waals surface area contributed by atoms with Crippen molar-refractivity contribution in [3.63, 3.8) is 0 Å². The van der Waals surface area contributed by atoms with Crippen LogP contribution in [0, 0.1) is 5.92 Å². The third-order valence-corrected chi connectivity index (χ3v) is 3.80. The van der Waals surface area contributed by atoms with E-state index in [4.69, 9.17) is 5.11 Å². The minimum atomic E-state index is -0.931. The van der Waals surface area contributed by atoms with Gasteiger partial charge in [0.2, 0.25) is 5.91 Å². The average Bonchev–Trinajstić information content (AvgIpc) is 3.02. The van der Waals surface area contributed by atoms with Crippen LogP contribution in [-0.4, -0.2) is 65.0 Å². The van der Waals surface area contributed by atoms with Gasteiger partial charge in [0.05, 0.1) is 12.0 Å². The molecular weight excluding hydrogens is 262 g/mol. The van der Waals surface area contributed by atoms with Crippen molar-refractivity contribution in [2.75, 3.05) is 26.2 Å². The minimum absolute atomic E-state index is 0.0640. The number of nitrogens with one attached hydrogen (secondary N) is 1. The number of amides is 3. The van der Waals surface area contributed by atoms with Gasteiger partial charge in [-0.1, -0.05) is 6.08 Å². The van der Waals surface area contributed by atoms with Gasteiger partial charge in [0, 0.05) is 32.6 Å². The molecule has 20 heavy (non-hydrogen) atoms. The fourth-order valence-corrected chi connectivity index (χ4v) is 2.70. The topological polar surface area (TPSA) is 90.0 Å². The number of rotatable bonds is 4. The summed E-state index contributed by atoms with van der Waals surface area (Å²) in [5, 5.41) is 11.7. The first kappa shape index (κ1) is 14.4. The van der Waals surface area contributed by atoms with Gasteiger partial charge in [0.1, 0.15) is 0 Å². The van der Waals surface area contributed by atoms with Gasteiger partial charge in [0.25, 0.3) is 0 Å². The Labute approximate surface area is 117 Å². The van der Waals surface area contributed by atoms with Gasteiger partial charge in [-0.15, -0.1) is 6.58 Å². The van der Waals surface area contributed by atoms with E-state index < -0.39 is 11.9 Å². The largest absolute Gasteiger partial charge is 0.481 e. The molecule has 0 saturated carbocycles. The SMILES string of the molecule is C=CCNC(=O)N1CCC(N2CC(C(=O)O)CC2=O)C1. The van der Waals surface area contributed by atoms with Crippen LogP contribution in [-0.2, 0) is 9.59 Å². The lowest BCUT2D eigenvalue weighted by molar-refractivity contribution is -0.141. The molecule has 2 atom stereocenters. The number of aliphatic carboxylic acids is 1. The van der Waals surface area contributed by atoms with Gasteiger partial charge < -0.3 is 20.2 Å². The van der Waals surface area contributed by atoms with Crippen LogP contribution in [0.3, 0.4) is 0 Å². The summed E-state index contributed by atoms with van der Waals surface area (Å²) in [4.78, 5) is 37.8. The van der Waals surface area contributed by atoms with Gasteiger partial charge in [-0.25, -0.2) is 4.79 Å². The molecule has 7 nitrogen and oxygen atoms in total. The highest BCUT2D eigenvalue weighted by Crippen LogP contribution is 2.25. The van der Waals surface area contributed by atoms with E-state index in [-0.39, 0.29) is 30.9 Å². The van der Waals surface area contributed by atoms with E-state index in [1.807, 2.05) is 0 Å². The maximum Gasteiger partial charge on any atom is 0.317 e. The Balaban J connectivity index is 1.89. The van der Waals surface area contributed by atoms with Crippen LogP contribution in [0.2, 0.25) is 0 Å². The Morgan fingerprint density at radius 3 is 2.80 bits per heavy atom. The van der Waals surface area contributed by atoms with Crippen molar-refractivity contribution >= 4 is 17.9 Å². The van der Waals surface area contributed by atoms with Crippen LogP contribution >= 0.6 is 0 Å². The highest BCUT2D eigenvalue weighted by molar-refractivity contribution is 5.86. The molecule has 0 spiro atoms. The summed E-state index contributed by atoms with van der Waals surface area (Å²) < 4.78 is 0. The number of nitrogens with zero attached hydrogens (tertiary/aromatic N) is 2. The number of carboxylic acids is 1. The number of carbonyl (C=O) groups is 3. The quantitative estimate of drug-likeness (QED) is 0.704. The van der Waals surface area contributed by atoms with Crippen LogP contribution in [0.15, 0.2) is 12.7 Å². The Hall–Kier alpha value is -2.05. The molecule has 2 heterocycles. The monoisotopic (exact) mass is 281 g/mol. The number of urea groups is 1. The molecule has 2 rings (SSSR count). The molecule has 2 fully saturated rings. The van der Waals surface area contributed by atoms with E-state index in [0.29, 0.717) is 26.1 Å². The summed E-state index contributed by atoms with van der Waals surface area (Å²) in [5.74, 6) is -1.68. The minimum Gasteiger partial charge on any atom is -0.481 e. The lowest BCUT2D eigenvalue weighted by Gasteiger charge is -2.24. The van der Waals surface area contributed by atoms with Crippen LogP contribution < -0.4 is 5.32 Å². The zero-order valence-electron chi connectivity index (χ0n) is 11.2. The molecule has 0 aliphatic carbocycles. The molecule has 0 aromatic heterocycles. The Morgan fingerprint density at radius 1 is 1.45 bits per heavy atom. The summed E-state index contributed by atoms with van der Waals surface area (Å²) in [6.45, 7) is 5.23. The lowest BCUT2D eigenvalue weighted by Crippen LogP contribution is -2.43. The molecule has 2 aliphatic rings. The molecule has 2 N–H and O–H groups in total. The first-order valence-electron chi connectivity index (χ1n) is 6.69. The fraction of sp³-hybridized carbons (Fsp3) is 0.615. The van der Waals surface area contributed by atoms with E-state index >= 15 is 0 Å². The van der Waals surface area contributed by atoms with Gasteiger partial charge in [0.15, 0.2) is 0 Å². The number of carbonyl (C=O) groups excluding carboxylic acids is 2. The standard InChI is InChI=1S/C13H19N3O4/c1-2-4-14-13(20)15-5-3-10(8-15)16-7-9(12(18)19)6-11(16)17/h2,9-10H,1,3-8H2,(H,14,20)(H,18,19). The Kier molecular flexibility index (Phi) is 4.26. The summed E-state index contributed by atoms with van der Waals surface area (Å²) in [7, 11) is 0. The smallest absolute Gasteiger partial charge is 0.317 e. The Bertz CT molecular complexity index is 437. The van der Waals surface area contributed by atoms with E-state index in [9.17, 15) is 14.4 Å². The fourth-order valence-electron chi connectivity index (χ4n) is 2.70. The molecule has 110 valence electrons. The molecule has 2 aliphatic heterocycles. The zero-order chi connectivity index (χ0) is 14.7. The zero-order valence-corrected chi connectivity index (χ0v) is 11.2. The van der Waals surface area contributed by atoms with Crippen molar-refractivity contribution in [2.24, 2.45) is 5.92 Å². The molecular formula is C13H19N3O4. The van der Waals surface area contributed by atoms with Crippen molar-refractivity contribution in [1.82, 2.24) is 15.1 Å². The first-order chi connectivity index (χ1) is 9.52. The second-order valence-corrected chi connectivity index (χ2v) is 5.15. The third-order valence-electron chi connectivity index (χ3n) is 3.80. The highest BCUT2D eigenvalue weighted by Gasteiger charge is 2.40. The van der Waals surface area contributed by atoms with E-state index in [2.05, 4.69) is 11.9 Å². The molecule has 2 unspecified atom stereocenters. The van der Waals surface area contributed by atoms with Crippen LogP contribution in [0.4, 0.5) is 4.79 Å². The summed E-state index contributed by atoms with van der Waals surface area (Å²) in [5.41, 5.74) is 0. The lowest BCUT2D eigenvalue weighted by atomic mass is 10.1. The van der Waals surface area contributed by atoms with Crippen molar-refractivity contribution in [3.8, 4) is 0 Å². The Morgan fingerprint density at radius 2 is 2.20 bits per heavy atom. The van der Waals surface area contributed by atoms with Crippen LogP contribution in [0.25, 0.3) is 0 Å². The highest BCUT2D eigenvalue weighted by atomic mass is 16.4. The van der Waals surface area contributed by atoms with Gasteiger partial charge in [-0.05, 0) is 6.42 Å². The van der Waals surface area contributed by atoms with Crippen molar-refractivity contribution in [1.29, 1.82) is 0 Å². The van der Waals surface area contributed by atoms with Crippen LogP contribution in [0.1, 0.15) is 12.8 Å². The summed E-state index contributed by atoms with van der Waals surface area (Å²) in [6.07, 6.45) is 2.36. The van der Waals surface area contributed by atoms with Crippen molar-refractivity contribution in [2.45, 2.75) is 18.9 Å². The molecule has 2 saturated heterocycles. The third kappa shape index (κ3) is 2.92. The molecule has 0 aromatic rings. The van der Waals surface area contributed by atoms with E-state index in [1.165, 1.54) is 0 Å². The molecule has 3 amide bonds.